The maximum atomic E-state index is 12.2. The van der Waals surface area contributed by atoms with Crippen molar-refractivity contribution in [2.75, 3.05) is 6.54 Å². The summed E-state index contributed by atoms with van der Waals surface area (Å²) in [6.07, 6.45) is 16.8. The van der Waals surface area contributed by atoms with Crippen molar-refractivity contribution in [1.82, 2.24) is 0 Å². The summed E-state index contributed by atoms with van der Waals surface area (Å²) >= 11 is 0. The molecule has 0 aliphatic carbocycles. The molecule has 0 saturated heterocycles. The number of carboxylic acid groups (broad SMARTS) is 1. The molecule has 4 nitrogen and oxygen atoms in total. The lowest BCUT2D eigenvalue weighted by molar-refractivity contribution is -0.149. The summed E-state index contributed by atoms with van der Waals surface area (Å²) in [4.78, 5) is 12.2. The Kier molecular flexibility index (Phi) is 16.7. The Hall–Kier alpha value is -1.65. The average Bonchev–Trinajstić information content (AvgIpc) is 2.82. The number of aliphatic hydroxyl groups is 1. The third-order valence-corrected chi connectivity index (χ3v) is 7.40. The van der Waals surface area contributed by atoms with E-state index in [1.54, 1.807) is 6.92 Å². The highest BCUT2D eigenvalue weighted by molar-refractivity contribution is 5.71. The van der Waals surface area contributed by atoms with Crippen molar-refractivity contribution >= 4 is 5.97 Å². The minimum atomic E-state index is -0.895. The maximum Gasteiger partial charge on any atom is 0.309 e. The van der Waals surface area contributed by atoms with Gasteiger partial charge < -0.3 is 15.9 Å². The minimum Gasteiger partial charge on any atom is -0.481 e. The second kappa shape index (κ2) is 18.6. The number of hydrogen-bond donors (Lipinski definition) is 3. The van der Waals surface area contributed by atoms with E-state index in [1.807, 2.05) is 18.2 Å². The first-order valence-electron chi connectivity index (χ1n) is 13.7. The SMILES string of the molecule is CCCCCC/C=C\C[C@H](CC)CC[C@H](CCN)[C@H](CCc1ccccc1)[C@H](C(=O)O)[C@H](C)O. The quantitative estimate of drug-likeness (QED) is 0.140. The summed E-state index contributed by atoms with van der Waals surface area (Å²) in [5, 5.41) is 20.4. The lowest BCUT2D eigenvalue weighted by atomic mass is 9.72. The molecule has 0 bridgehead atoms. The lowest BCUT2D eigenvalue weighted by Gasteiger charge is -2.34. The molecule has 0 aliphatic rings. The van der Waals surface area contributed by atoms with Gasteiger partial charge in [0.05, 0.1) is 12.0 Å². The highest BCUT2D eigenvalue weighted by atomic mass is 16.4. The maximum absolute atomic E-state index is 12.2. The molecule has 0 amide bonds. The van der Waals surface area contributed by atoms with E-state index in [9.17, 15) is 15.0 Å². The van der Waals surface area contributed by atoms with Crippen LogP contribution in [-0.4, -0.2) is 28.8 Å². The number of allylic oxidation sites excluding steroid dienone is 2. The van der Waals surface area contributed by atoms with Crippen LogP contribution in [0.1, 0.15) is 97.0 Å². The number of aliphatic carboxylic acids is 1. The summed E-state index contributed by atoms with van der Waals surface area (Å²) in [6.45, 7) is 6.66. The number of benzene rings is 1. The van der Waals surface area contributed by atoms with Gasteiger partial charge in [0.1, 0.15) is 0 Å². The van der Waals surface area contributed by atoms with E-state index in [1.165, 1.54) is 37.7 Å². The Morgan fingerprint density at radius 2 is 1.74 bits per heavy atom. The van der Waals surface area contributed by atoms with Gasteiger partial charge in [0.2, 0.25) is 0 Å². The fourth-order valence-electron chi connectivity index (χ4n) is 5.25. The van der Waals surface area contributed by atoms with Crippen LogP contribution in [0.2, 0.25) is 0 Å². The number of rotatable bonds is 20. The molecule has 1 aromatic carbocycles. The van der Waals surface area contributed by atoms with Crippen molar-refractivity contribution in [3.05, 3.63) is 48.0 Å². The van der Waals surface area contributed by atoms with Gasteiger partial charge >= 0.3 is 5.97 Å². The smallest absolute Gasteiger partial charge is 0.309 e. The van der Waals surface area contributed by atoms with Crippen LogP contribution in [0.15, 0.2) is 42.5 Å². The van der Waals surface area contributed by atoms with Gasteiger partial charge in [-0.3, -0.25) is 4.79 Å². The largest absolute Gasteiger partial charge is 0.481 e. The second-order valence-corrected chi connectivity index (χ2v) is 10.0. The molecular formula is C30H51NO3. The standard InChI is InChI=1S/C30H51NO3/c1-4-6-7-8-9-10-12-15-25(5-2)18-20-27(22-23-31)28(29(24(3)32)30(33)34)21-19-26-16-13-11-14-17-26/h10-14,16-17,24-25,27-29,32H,4-9,15,18-23,31H2,1-3H3,(H,33,34)/b12-10-/t24-,25-,27+,28-,29+/m0/s1. The van der Waals surface area contributed by atoms with Gasteiger partial charge in [-0.15, -0.1) is 0 Å². The second-order valence-electron chi connectivity index (χ2n) is 10.0. The van der Waals surface area contributed by atoms with E-state index in [0.29, 0.717) is 12.5 Å². The molecule has 4 heteroatoms. The molecule has 4 N–H and O–H groups in total. The molecule has 0 saturated carbocycles. The molecule has 0 spiro atoms. The van der Waals surface area contributed by atoms with Gasteiger partial charge in [0.25, 0.3) is 0 Å². The molecule has 0 aliphatic heterocycles. The summed E-state index contributed by atoms with van der Waals surface area (Å²) in [5.41, 5.74) is 7.21. The Morgan fingerprint density at radius 1 is 1.00 bits per heavy atom. The van der Waals surface area contributed by atoms with Crippen molar-refractivity contribution in [2.24, 2.45) is 29.4 Å². The summed E-state index contributed by atoms with van der Waals surface area (Å²) < 4.78 is 0. The predicted molar refractivity (Wildman–Crippen MR) is 144 cm³/mol. The Labute approximate surface area is 209 Å². The first kappa shape index (κ1) is 30.4. The highest BCUT2D eigenvalue weighted by Crippen LogP contribution is 2.35. The van der Waals surface area contributed by atoms with Crippen LogP contribution in [-0.2, 0) is 11.2 Å². The van der Waals surface area contributed by atoms with Crippen LogP contribution in [0.4, 0.5) is 0 Å². The zero-order valence-electron chi connectivity index (χ0n) is 22.0. The third-order valence-electron chi connectivity index (χ3n) is 7.40. The van der Waals surface area contributed by atoms with Crippen LogP contribution in [0.3, 0.4) is 0 Å². The molecule has 194 valence electrons. The van der Waals surface area contributed by atoms with Crippen LogP contribution in [0.25, 0.3) is 0 Å². The zero-order chi connectivity index (χ0) is 25.2. The molecule has 1 aromatic rings. The van der Waals surface area contributed by atoms with Gasteiger partial charge in [0, 0.05) is 0 Å². The van der Waals surface area contributed by atoms with Gasteiger partial charge in [-0.25, -0.2) is 0 Å². The molecule has 0 radical (unpaired) electrons. The number of carboxylic acids is 1. The van der Waals surface area contributed by atoms with E-state index in [0.717, 1.165) is 44.9 Å². The number of unbranched alkanes of at least 4 members (excludes halogenated alkanes) is 4. The average molecular weight is 474 g/mol. The first-order chi connectivity index (χ1) is 16.4. The van der Waals surface area contributed by atoms with E-state index in [-0.39, 0.29) is 11.8 Å². The minimum absolute atomic E-state index is 0.0899. The van der Waals surface area contributed by atoms with Gasteiger partial charge in [-0.1, -0.05) is 82.0 Å². The summed E-state index contributed by atoms with van der Waals surface area (Å²) in [7, 11) is 0. The van der Waals surface area contributed by atoms with E-state index < -0.39 is 18.0 Å². The third kappa shape index (κ3) is 12.2. The van der Waals surface area contributed by atoms with Crippen molar-refractivity contribution in [2.45, 2.75) is 104 Å². The molecule has 5 atom stereocenters. The normalized spacial score (nSPS) is 16.3. The molecule has 34 heavy (non-hydrogen) atoms. The van der Waals surface area contributed by atoms with Crippen LogP contribution in [0.5, 0.6) is 0 Å². The molecule has 0 unspecified atom stereocenters. The van der Waals surface area contributed by atoms with Gasteiger partial charge in [-0.05, 0) is 88.2 Å². The summed E-state index contributed by atoms with van der Waals surface area (Å²) in [6, 6.07) is 10.2. The predicted octanol–water partition coefficient (Wildman–Crippen LogP) is 7.01. The number of aliphatic hydroxyl groups excluding tert-OH is 1. The molecular weight excluding hydrogens is 422 g/mol. The van der Waals surface area contributed by atoms with Crippen molar-refractivity contribution in [1.29, 1.82) is 0 Å². The lowest BCUT2D eigenvalue weighted by Crippen LogP contribution is -2.38. The molecule has 0 fully saturated rings. The van der Waals surface area contributed by atoms with Crippen molar-refractivity contribution < 1.29 is 15.0 Å². The van der Waals surface area contributed by atoms with Gasteiger partial charge in [-0.2, -0.15) is 0 Å². The number of aryl methyl sites for hydroxylation is 1. The highest BCUT2D eigenvalue weighted by Gasteiger charge is 2.36. The van der Waals surface area contributed by atoms with Crippen LogP contribution >= 0.6 is 0 Å². The zero-order valence-corrected chi connectivity index (χ0v) is 22.0. The Balaban J connectivity index is 2.82. The number of hydrogen-bond acceptors (Lipinski definition) is 3. The fraction of sp³-hybridized carbons (Fsp3) is 0.700. The molecule has 0 aromatic heterocycles. The van der Waals surface area contributed by atoms with E-state index in [4.69, 9.17) is 5.73 Å². The monoisotopic (exact) mass is 473 g/mol. The Bertz CT molecular complexity index is 658. The van der Waals surface area contributed by atoms with Gasteiger partial charge in [0.15, 0.2) is 0 Å². The van der Waals surface area contributed by atoms with E-state index >= 15 is 0 Å². The first-order valence-corrected chi connectivity index (χ1v) is 13.7. The molecule has 1 rings (SSSR count). The summed E-state index contributed by atoms with van der Waals surface area (Å²) in [5.74, 6) is -0.933. The van der Waals surface area contributed by atoms with Crippen molar-refractivity contribution in [3.8, 4) is 0 Å². The Morgan fingerprint density at radius 3 is 2.32 bits per heavy atom. The number of nitrogens with two attached hydrogens (primary N) is 1. The molecule has 0 heterocycles. The topological polar surface area (TPSA) is 83.6 Å². The van der Waals surface area contributed by atoms with Crippen molar-refractivity contribution in [3.63, 3.8) is 0 Å². The number of carbonyl (C=O) groups is 1. The fourth-order valence-corrected chi connectivity index (χ4v) is 5.25. The van der Waals surface area contributed by atoms with E-state index in [2.05, 4.69) is 38.1 Å². The van der Waals surface area contributed by atoms with Crippen LogP contribution < -0.4 is 5.73 Å². The van der Waals surface area contributed by atoms with Crippen LogP contribution in [0, 0.1) is 23.7 Å².